The van der Waals surface area contributed by atoms with E-state index >= 15 is 0 Å². The average molecular weight is 332 g/mol. The highest BCUT2D eigenvalue weighted by Crippen LogP contribution is 2.19. The monoisotopic (exact) mass is 332 g/mol. The fraction of sp³-hybridized carbons (Fsp3) is 0.579. The lowest BCUT2D eigenvalue weighted by molar-refractivity contribution is -0.921. The Morgan fingerprint density at radius 2 is 1.92 bits per heavy atom. The Balaban J connectivity index is 1.87. The Kier molecular flexibility index (Phi) is 6.37. The summed E-state index contributed by atoms with van der Waals surface area (Å²) >= 11 is 0. The van der Waals surface area contributed by atoms with Gasteiger partial charge in [-0.25, -0.2) is 0 Å². The second-order valence-corrected chi connectivity index (χ2v) is 7.05. The predicted molar refractivity (Wildman–Crippen MR) is 96.2 cm³/mol. The molecule has 1 saturated heterocycles. The Bertz CT molecular complexity index is 580. The first-order valence-corrected chi connectivity index (χ1v) is 8.83. The van der Waals surface area contributed by atoms with Crippen molar-refractivity contribution in [2.45, 2.75) is 46.1 Å². The van der Waals surface area contributed by atoms with Gasteiger partial charge in [-0.3, -0.25) is 9.59 Å². The summed E-state index contributed by atoms with van der Waals surface area (Å²) in [5, 5.41) is 2.94. The van der Waals surface area contributed by atoms with E-state index < -0.39 is 0 Å². The van der Waals surface area contributed by atoms with Crippen LogP contribution < -0.4 is 10.2 Å². The number of piperidine rings is 1. The fourth-order valence-electron chi connectivity index (χ4n) is 3.34. The summed E-state index contributed by atoms with van der Waals surface area (Å²) in [6.45, 7) is 7.77. The molecule has 132 valence electrons. The van der Waals surface area contributed by atoms with E-state index in [4.69, 9.17) is 0 Å². The first-order valence-electron chi connectivity index (χ1n) is 8.83. The van der Waals surface area contributed by atoms with Crippen molar-refractivity contribution in [2.24, 2.45) is 0 Å². The molecular weight excluding hydrogens is 302 g/mol. The van der Waals surface area contributed by atoms with Crippen molar-refractivity contribution in [3.63, 3.8) is 0 Å². The number of nitrogens with zero attached hydrogens (tertiary/aromatic N) is 1. The summed E-state index contributed by atoms with van der Waals surface area (Å²) in [5.74, 6) is -0.111. The number of nitrogens with one attached hydrogen (secondary N) is 2. The van der Waals surface area contributed by atoms with Gasteiger partial charge in [0, 0.05) is 12.7 Å². The summed E-state index contributed by atoms with van der Waals surface area (Å²) in [5.41, 5.74) is 2.91. The highest BCUT2D eigenvalue weighted by molar-refractivity contribution is 5.95. The third kappa shape index (κ3) is 4.81. The van der Waals surface area contributed by atoms with Crippen LogP contribution in [0.5, 0.6) is 0 Å². The summed E-state index contributed by atoms with van der Waals surface area (Å²) < 4.78 is 0. The van der Waals surface area contributed by atoms with E-state index in [-0.39, 0.29) is 18.4 Å². The van der Waals surface area contributed by atoms with Crippen LogP contribution in [0.25, 0.3) is 0 Å². The van der Waals surface area contributed by atoms with Crippen molar-refractivity contribution in [1.29, 1.82) is 0 Å². The lowest BCUT2D eigenvalue weighted by Gasteiger charge is -2.30. The maximum Gasteiger partial charge on any atom is 0.277 e. The van der Waals surface area contributed by atoms with Crippen LogP contribution >= 0.6 is 0 Å². The molecule has 0 saturated carbocycles. The van der Waals surface area contributed by atoms with Gasteiger partial charge in [-0.15, -0.1) is 0 Å². The van der Waals surface area contributed by atoms with Crippen molar-refractivity contribution < 1.29 is 14.5 Å². The molecule has 0 aliphatic carbocycles. The van der Waals surface area contributed by atoms with E-state index in [1.165, 1.54) is 29.1 Å². The van der Waals surface area contributed by atoms with Crippen LogP contribution in [0.1, 0.15) is 37.3 Å². The lowest BCUT2D eigenvalue weighted by Crippen LogP contribution is -3.17. The third-order valence-electron chi connectivity index (χ3n) is 5.01. The van der Waals surface area contributed by atoms with Crippen LogP contribution in [0, 0.1) is 13.8 Å². The van der Waals surface area contributed by atoms with Gasteiger partial charge in [-0.05, 0) is 51.2 Å². The first kappa shape index (κ1) is 18.5. The van der Waals surface area contributed by atoms with Crippen LogP contribution in [0.3, 0.4) is 0 Å². The van der Waals surface area contributed by atoms with E-state index in [0.717, 1.165) is 23.4 Å². The van der Waals surface area contributed by atoms with Crippen molar-refractivity contribution in [3.8, 4) is 0 Å². The molecular formula is C19H30N3O2+. The Morgan fingerprint density at radius 1 is 1.25 bits per heavy atom. The maximum atomic E-state index is 12.4. The van der Waals surface area contributed by atoms with Gasteiger partial charge in [0.25, 0.3) is 5.91 Å². The van der Waals surface area contributed by atoms with E-state index in [1.807, 2.05) is 32.0 Å². The molecule has 0 aromatic heterocycles. The predicted octanol–water partition coefficient (Wildman–Crippen LogP) is 1.16. The number of carbonyl (C=O) groups is 2. The SMILES string of the molecule is Cc1cccc(C)c1NC(=O)CN(C)C(=O)C[NH+]1CCCC[C@@H]1C. The number of hydrogen-bond acceptors (Lipinski definition) is 2. The summed E-state index contributed by atoms with van der Waals surface area (Å²) in [6, 6.07) is 6.44. The standard InChI is InChI=1S/C19H29N3O2/c1-14-8-7-9-15(2)19(14)20-17(23)12-21(4)18(24)13-22-11-6-5-10-16(22)3/h7-9,16H,5-6,10-13H2,1-4H3,(H,20,23)/p+1/t16-/m0/s1. The minimum absolute atomic E-state index is 0.0374. The Hall–Kier alpha value is -1.88. The summed E-state index contributed by atoms with van der Waals surface area (Å²) in [7, 11) is 1.71. The molecule has 5 nitrogen and oxygen atoms in total. The molecule has 2 amide bonds. The van der Waals surface area contributed by atoms with Crippen molar-refractivity contribution in [3.05, 3.63) is 29.3 Å². The molecule has 0 radical (unpaired) electrons. The number of likely N-dealkylation sites (tertiary alicyclic amines) is 1. The highest BCUT2D eigenvalue weighted by Gasteiger charge is 2.26. The zero-order valence-electron chi connectivity index (χ0n) is 15.3. The van der Waals surface area contributed by atoms with Crippen LogP contribution in [-0.2, 0) is 9.59 Å². The molecule has 2 rings (SSSR count). The molecule has 1 aliphatic rings. The molecule has 0 bridgehead atoms. The minimum Gasteiger partial charge on any atom is -0.332 e. The van der Waals surface area contributed by atoms with E-state index in [9.17, 15) is 9.59 Å². The van der Waals surface area contributed by atoms with Gasteiger partial charge in [0.2, 0.25) is 5.91 Å². The average Bonchev–Trinajstić information content (AvgIpc) is 2.53. The van der Waals surface area contributed by atoms with Crippen LogP contribution in [-0.4, -0.2) is 49.4 Å². The number of anilines is 1. The Morgan fingerprint density at radius 3 is 2.54 bits per heavy atom. The van der Waals surface area contributed by atoms with Gasteiger partial charge < -0.3 is 15.1 Å². The topological polar surface area (TPSA) is 53.9 Å². The summed E-state index contributed by atoms with van der Waals surface area (Å²) in [6.07, 6.45) is 3.62. The van der Waals surface area contributed by atoms with Gasteiger partial charge in [-0.1, -0.05) is 18.2 Å². The molecule has 1 heterocycles. The van der Waals surface area contributed by atoms with Crippen LogP contribution in [0.4, 0.5) is 5.69 Å². The molecule has 1 aromatic carbocycles. The number of likely N-dealkylation sites (N-methyl/N-ethyl adjacent to an activating group) is 1. The van der Waals surface area contributed by atoms with Crippen LogP contribution in [0.15, 0.2) is 18.2 Å². The maximum absolute atomic E-state index is 12.4. The fourth-order valence-corrected chi connectivity index (χ4v) is 3.34. The molecule has 2 N–H and O–H groups in total. The van der Waals surface area contributed by atoms with E-state index in [1.54, 1.807) is 7.05 Å². The number of carbonyl (C=O) groups excluding carboxylic acids is 2. The number of aryl methyl sites for hydroxylation is 2. The molecule has 5 heteroatoms. The number of para-hydroxylation sites is 1. The second-order valence-electron chi connectivity index (χ2n) is 7.05. The molecule has 1 aromatic rings. The third-order valence-corrected chi connectivity index (χ3v) is 5.01. The van der Waals surface area contributed by atoms with Crippen molar-refractivity contribution in [1.82, 2.24) is 4.90 Å². The molecule has 24 heavy (non-hydrogen) atoms. The molecule has 0 spiro atoms. The highest BCUT2D eigenvalue weighted by atomic mass is 16.2. The Labute approximate surface area is 145 Å². The van der Waals surface area contributed by atoms with Gasteiger partial charge >= 0.3 is 0 Å². The number of quaternary nitrogens is 1. The zero-order valence-corrected chi connectivity index (χ0v) is 15.3. The van der Waals surface area contributed by atoms with Gasteiger partial charge in [0.15, 0.2) is 6.54 Å². The zero-order chi connectivity index (χ0) is 17.7. The molecule has 1 aliphatic heterocycles. The first-order chi connectivity index (χ1) is 11.4. The minimum atomic E-state index is -0.148. The number of benzene rings is 1. The van der Waals surface area contributed by atoms with E-state index in [0.29, 0.717) is 12.6 Å². The quantitative estimate of drug-likeness (QED) is 0.850. The lowest BCUT2D eigenvalue weighted by atomic mass is 10.0. The normalized spacial score (nSPS) is 20.5. The molecule has 2 atom stereocenters. The number of rotatable bonds is 5. The van der Waals surface area contributed by atoms with Crippen LogP contribution in [0.2, 0.25) is 0 Å². The van der Waals surface area contributed by atoms with E-state index in [2.05, 4.69) is 12.2 Å². The second kappa shape index (κ2) is 8.29. The number of amides is 2. The molecule has 1 unspecified atom stereocenters. The smallest absolute Gasteiger partial charge is 0.277 e. The van der Waals surface area contributed by atoms with Gasteiger partial charge in [0.05, 0.1) is 19.1 Å². The van der Waals surface area contributed by atoms with Gasteiger partial charge in [0.1, 0.15) is 0 Å². The largest absolute Gasteiger partial charge is 0.332 e. The van der Waals surface area contributed by atoms with Gasteiger partial charge in [-0.2, -0.15) is 0 Å². The molecule has 1 fully saturated rings. The van der Waals surface area contributed by atoms with Crippen molar-refractivity contribution in [2.75, 3.05) is 32.0 Å². The van der Waals surface area contributed by atoms with Crippen molar-refractivity contribution >= 4 is 17.5 Å². The number of hydrogen-bond donors (Lipinski definition) is 2. The summed E-state index contributed by atoms with van der Waals surface area (Å²) in [4.78, 5) is 27.6.